The highest BCUT2D eigenvalue weighted by Gasteiger charge is 2.36. The second-order valence-electron chi connectivity index (χ2n) is 5.44. The van der Waals surface area contributed by atoms with Crippen molar-refractivity contribution >= 4 is 33.4 Å². The van der Waals surface area contributed by atoms with Crippen LogP contribution in [0.4, 0.5) is 0 Å². The molecule has 3 rings (SSSR count). The first-order chi connectivity index (χ1) is 10.9. The van der Waals surface area contributed by atoms with Gasteiger partial charge in [0.2, 0.25) is 10.0 Å². The number of fused-ring (bicyclic) bond motifs is 1. The molecular weight excluding hydrogens is 354 g/mol. The van der Waals surface area contributed by atoms with Gasteiger partial charge in [0, 0.05) is 18.1 Å². The van der Waals surface area contributed by atoms with Crippen molar-refractivity contribution in [2.24, 2.45) is 0 Å². The van der Waals surface area contributed by atoms with Gasteiger partial charge in [0.25, 0.3) is 0 Å². The Kier molecular flexibility index (Phi) is 4.71. The van der Waals surface area contributed by atoms with Crippen LogP contribution in [0.5, 0.6) is 0 Å². The van der Waals surface area contributed by atoms with Crippen LogP contribution < -0.4 is 4.72 Å². The van der Waals surface area contributed by atoms with Gasteiger partial charge < -0.3 is 5.11 Å². The lowest BCUT2D eigenvalue weighted by Crippen LogP contribution is -2.44. The van der Waals surface area contributed by atoms with E-state index in [1.165, 1.54) is 12.1 Å². The van der Waals surface area contributed by atoms with Crippen LogP contribution >= 0.6 is 23.4 Å². The number of rotatable bonds is 4. The first kappa shape index (κ1) is 16.8. The van der Waals surface area contributed by atoms with Gasteiger partial charge in [0.05, 0.1) is 5.02 Å². The van der Waals surface area contributed by atoms with Gasteiger partial charge in [-0.2, -0.15) is 11.8 Å². The van der Waals surface area contributed by atoms with E-state index in [0.717, 1.165) is 16.9 Å². The number of nitrogens with one attached hydrogen (secondary N) is 1. The standard InChI is InChI=1S/C16H16ClNO3S2/c17-14-7-3-4-8-15(14)23(20,21)18-10-16(19)11-22-9-12-5-1-2-6-13(12)16/h1-8,18-19H,9-11H2. The number of hydrogen-bond acceptors (Lipinski definition) is 4. The fourth-order valence-electron chi connectivity index (χ4n) is 2.61. The lowest BCUT2D eigenvalue weighted by atomic mass is 9.91. The fraction of sp³-hybridized carbons (Fsp3) is 0.250. The zero-order chi connectivity index (χ0) is 16.5. The molecule has 7 heteroatoms. The van der Waals surface area contributed by atoms with E-state index in [2.05, 4.69) is 4.72 Å². The Labute approximate surface area is 144 Å². The molecule has 0 saturated heterocycles. The normalized spacial score (nSPS) is 21.0. The van der Waals surface area contributed by atoms with Crippen LogP contribution in [-0.4, -0.2) is 25.8 Å². The highest BCUT2D eigenvalue weighted by atomic mass is 35.5. The molecule has 23 heavy (non-hydrogen) atoms. The van der Waals surface area contributed by atoms with Crippen molar-refractivity contribution in [1.29, 1.82) is 0 Å². The highest BCUT2D eigenvalue weighted by molar-refractivity contribution is 7.98. The Balaban J connectivity index is 1.85. The maximum absolute atomic E-state index is 12.4. The minimum absolute atomic E-state index is 0.0158. The van der Waals surface area contributed by atoms with Crippen LogP contribution in [0.3, 0.4) is 0 Å². The van der Waals surface area contributed by atoms with Gasteiger partial charge >= 0.3 is 0 Å². The van der Waals surface area contributed by atoms with Gasteiger partial charge in [0.15, 0.2) is 0 Å². The molecule has 1 aliphatic heterocycles. The number of hydrogen-bond donors (Lipinski definition) is 2. The third-order valence-corrected chi connectivity index (χ3v) is 6.90. The Morgan fingerprint density at radius 1 is 1.17 bits per heavy atom. The minimum Gasteiger partial charge on any atom is -0.383 e. The summed E-state index contributed by atoms with van der Waals surface area (Å²) in [7, 11) is -3.78. The molecule has 1 atom stereocenters. The maximum Gasteiger partial charge on any atom is 0.242 e. The zero-order valence-electron chi connectivity index (χ0n) is 12.2. The van der Waals surface area contributed by atoms with E-state index in [1.807, 2.05) is 24.3 Å². The topological polar surface area (TPSA) is 66.4 Å². The highest BCUT2D eigenvalue weighted by Crippen LogP contribution is 2.36. The molecule has 2 aromatic rings. The molecule has 2 aromatic carbocycles. The second kappa shape index (κ2) is 6.45. The van der Waals surface area contributed by atoms with Crippen molar-refractivity contribution in [3.8, 4) is 0 Å². The lowest BCUT2D eigenvalue weighted by Gasteiger charge is -2.34. The van der Waals surface area contributed by atoms with E-state index in [-0.39, 0.29) is 16.5 Å². The van der Waals surface area contributed by atoms with Crippen molar-refractivity contribution in [3.05, 3.63) is 64.7 Å². The van der Waals surface area contributed by atoms with Crippen LogP contribution in [0, 0.1) is 0 Å². The molecule has 122 valence electrons. The molecular formula is C16H16ClNO3S2. The molecule has 0 bridgehead atoms. The molecule has 1 heterocycles. The Hall–Kier alpha value is -1.05. The molecule has 0 fully saturated rings. The minimum atomic E-state index is -3.78. The number of aliphatic hydroxyl groups is 1. The van der Waals surface area contributed by atoms with Crippen LogP contribution in [-0.2, 0) is 21.4 Å². The summed E-state index contributed by atoms with van der Waals surface area (Å²) in [6.45, 7) is -0.0927. The summed E-state index contributed by atoms with van der Waals surface area (Å²) in [5, 5.41) is 11.1. The zero-order valence-corrected chi connectivity index (χ0v) is 14.6. The monoisotopic (exact) mass is 369 g/mol. The molecule has 1 aliphatic rings. The van der Waals surface area contributed by atoms with E-state index in [1.54, 1.807) is 23.9 Å². The van der Waals surface area contributed by atoms with Gasteiger partial charge in [-0.25, -0.2) is 13.1 Å². The van der Waals surface area contributed by atoms with Crippen molar-refractivity contribution in [2.45, 2.75) is 16.2 Å². The molecule has 2 N–H and O–H groups in total. The molecule has 0 spiro atoms. The van der Waals surface area contributed by atoms with E-state index in [4.69, 9.17) is 11.6 Å². The maximum atomic E-state index is 12.4. The first-order valence-corrected chi connectivity index (χ1v) is 10.1. The van der Waals surface area contributed by atoms with Crippen molar-refractivity contribution < 1.29 is 13.5 Å². The third kappa shape index (κ3) is 3.41. The molecule has 0 aliphatic carbocycles. The van der Waals surface area contributed by atoms with Crippen molar-refractivity contribution in [3.63, 3.8) is 0 Å². The summed E-state index contributed by atoms with van der Waals surface area (Å²) in [5.74, 6) is 1.25. The summed E-state index contributed by atoms with van der Waals surface area (Å²) in [4.78, 5) is 0.0158. The van der Waals surface area contributed by atoms with E-state index in [9.17, 15) is 13.5 Å². The number of halogens is 1. The Morgan fingerprint density at radius 3 is 2.65 bits per heavy atom. The molecule has 4 nitrogen and oxygen atoms in total. The fourth-order valence-corrected chi connectivity index (χ4v) is 5.38. The van der Waals surface area contributed by atoms with E-state index >= 15 is 0 Å². The lowest BCUT2D eigenvalue weighted by molar-refractivity contribution is 0.0659. The number of sulfonamides is 1. The summed E-state index contributed by atoms with van der Waals surface area (Å²) in [6.07, 6.45) is 0. The average Bonchev–Trinajstić information content (AvgIpc) is 2.54. The van der Waals surface area contributed by atoms with Crippen LogP contribution in [0.15, 0.2) is 53.4 Å². The Morgan fingerprint density at radius 2 is 1.87 bits per heavy atom. The predicted molar refractivity (Wildman–Crippen MR) is 93.1 cm³/mol. The SMILES string of the molecule is O=S(=O)(NCC1(O)CSCc2ccccc21)c1ccccc1Cl. The molecule has 1 unspecified atom stereocenters. The molecule has 0 saturated carbocycles. The Bertz CT molecular complexity index is 826. The summed E-state index contributed by atoms with van der Waals surface area (Å²) in [5.41, 5.74) is 0.581. The van der Waals surface area contributed by atoms with Gasteiger partial charge in [0.1, 0.15) is 10.5 Å². The quantitative estimate of drug-likeness (QED) is 0.869. The first-order valence-electron chi connectivity index (χ1n) is 7.05. The predicted octanol–water partition coefficient (Wildman–Crippen LogP) is 2.75. The second-order valence-corrected chi connectivity index (χ2v) is 8.56. The molecule has 0 amide bonds. The molecule has 0 aromatic heterocycles. The molecule has 0 radical (unpaired) electrons. The van der Waals surface area contributed by atoms with E-state index in [0.29, 0.717) is 5.75 Å². The van der Waals surface area contributed by atoms with E-state index < -0.39 is 15.6 Å². The summed E-state index contributed by atoms with van der Waals surface area (Å²) in [6, 6.07) is 13.8. The van der Waals surface area contributed by atoms with Crippen LogP contribution in [0.1, 0.15) is 11.1 Å². The summed E-state index contributed by atoms with van der Waals surface area (Å²) < 4.78 is 27.4. The summed E-state index contributed by atoms with van der Waals surface area (Å²) >= 11 is 7.54. The van der Waals surface area contributed by atoms with Crippen LogP contribution in [0.25, 0.3) is 0 Å². The third-order valence-electron chi connectivity index (χ3n) is 3.80. The van der Waals surface area contributed by atoms with Gasteiger partial charge in [-0.15, -0.1) is 0 Å². The van der Waals surface area contributed by atoms with Gasteiger partial charge in [-0.3, -0.25) is 0 Å². The largest absolute Gasteiger partial charge is 0.383 e. The van der Waals surface area contributed by atoms with Crippen molar-refractivity contribution in [1.82, 2.24) is 4.72 Å². The van der Waals surface area contributed by atoms with Gasteiger partial charge in [-0.1, -0.05) is 48.0 Å². The van der Waals surface area contributed by atoms with Crippen molar-refractivity contribution in [2.75, 3.05) is 12.3 Å². The number of benzene rings is 2. The average molecular weight is 370 g/mol. The van der Waals surface area contributed by atoms with Gasteiger partial charge in [-0.05, 0) is 23.3 Å². The van der Waals surface area contributed by atoms with Crippen LogP contribution in [0.2, 0.25) is 5.02 Å². The number of thioether (sulfide) groups is 1. The smallest absolute Gasteiger partial charge is 0.242 e.